The summed E-state index contributed by atoms with van der Waals surface area (Å²) in [7, 11) is 1.49. The van der Waals surface area contributed by atoms with Crippen LogP contribution in [-0.2, 0) is 11.3 Å². The lowest BCUT2D eigenvalue weighted by Crippen LogP contribution is -2.30. The van der Waals surface area contributed by atoms with Crippen LogP contribution in [0.1, 0.15) is 16.1 Å². The van der Waals surface area contributed by atoms with Gasteiger partial charge in [-0.3, -0.25) is 15.2 Å². The molecule has 5 aromatic rings. The number of nitrogens with zero attached hydrogens (tertiary/aromatic N) is 3. The monoisotopic (exact) mass is 530 g/mol. The van der Waals surface area contributed by atoms with Gasteiger partial charge in [0.05, 0.1) is 16.8 Å². The number of hydrazine groups is 1. The van der Waals surface area contributed by atoms with Gasteiger partial charge < -0.3 is 14.6 Å². The molecule has 0 saturated heterocycles. The summed E-state index contributed by atoms with van der Waals surface area (Å²) in [6, 6.07) is 21.0. The third-order valence-corrected chi connectivity index (χ3v) is 5.79. The van der Waals surface area contributed by atoms with Crippen molar-refractivity contribution in [2.24, 2.45) is 5.84 Å². The summed E-state index contributed by atoms with van der Waals surface area (Å²) in [4.78, 5) is 32.3. The number of benzene rings is 2. The number of hydrogen-bond donors (Lipinski definition) is 3. The first-order valence-corrected chi connectivity index (χ1v) is 11.3. The lowest BCUT2D eigenvalue weighted by molar-refractivity contribution is 0.0955. The highest BCUT2D eigenvalue weighted by atomic mass is 35.5. The molecule has 4 N–H and O–H groups in total. The Kier molecular flexibility index (Phi) is 7.95. The second-order valence-electron chi connectivity index (χ2n) is 8.08. The minimum Gasteiger partial charge on any atom is -0.441 e. The Bertz CT molecular complexity index is 1590. The van der Waals surface area contributed by atoms with Crippen molar-refractivity contribution in [3.05, 3.63) is 90.4 Å². The van der Waals surface area contributed by atoms with E-state index in [4.69, 9.17) is 20.1 Å². The van der Waals surface area contributed by atoms with E-state index in [0.29, 0.717) is 33.6 Å². The van der Waals surface area contributed by atoms with Gasteiger partial charge >= 0.3 is 6.09 Å². The van der Waals surface area contributed by atoms with Gasteiger partial charge in [-0.05, 0) is 23.3 Å². The molecule has 2 aromatic carbocycles. The van der Waals surface area contributed by atoms with Crippen molar-refractivity contribution in [3.8, 4) is 33.6 Å². The molecule has 5 rings (SSSR count). The second kappa shape index (κ2) is 11.5. The van der Waals surface area contributed by atoms with Gasteiger partial charge in [0, 0.05) is 42.0 Å². The van der Waals surface area contributed by atoms with Crippen LogP contribution in [0.2, 0.25) is 0 Å². The maximum absolute atomic E-state index is 12.3. The number of ether oxygens (including phenoxy) is 1. The molecule has 0 aliphatic heterocycles. The summed E-state index contributed by atoms with van der Waals surface area (Å²) in [6.45, 7) is -0.00154. The Morgan fingerprint density at radius 2 is 1.55 bits per heavy atom. The molecule has 38 heavy (non-hydrogen) atoms. The average molecular weight is 531 g/mol. The Labute approximate surface area is 223 Å². The van der Waals surface area contributed by atoms with E-state index in [1.54, 1.807) is 30.6 Å². The van der Waals surface area contributed by atoms with Crippen molar-refractivity contribution < 1.29 is 18.8 Å². The van der Waals surface area contributed by atoms with Gasteiger partial charge in [-0.2, -0.15) is 0 Å². The minimum absolute atomic E-state index is 0. The molecular weight excluding hydrogens is 508 g/mol. The molecule has 0 fully saturated rings. The Balaban J connectivity index is 0.00000336. The molecule has 0 aliphatic carbocycles. The van der Waals surface area contributed by atoms with Gasteiger partial charge in [-0.15, -0.1) is 12.4 Å². The molecule has 0 radical (unpaired) electrons. The summed E-state index contributed by atoms with van der Waals surface area (Å²) in [6.07, 6.45) is 2.69. The lowest BCUT2D eigenvalue weighted by atomic mass is 9.99. The van der Waals surface area contributed by atoms with E-state index in [0.717, 1.165) is 22.3 Å². The average Bonchev–Trinajstić information content (AvgIpc) is 3.44. The van der Waals surface area contributed by atoms with E-state index in [2.05, 4.69) is 20.9 Å². The number of pyridine rings is 2. The zero-order chi connectivity index (χ0) is 25.8. The van der Waals surface area contributed by atoms with Crippen LogP contribution < -0.4 is 16.6 Å². The molecule has 0 unspecified atom stereocenters. The normalized spacial score (nSPS) is 10.5. The highest BCUT2D eigenvalue weighted by Crippen LogP contribution is 2.29. The zero-order valence-corrected chi connectivity index (χ0v) is 21.0. The number of halogens is 1. The Morgan fingerprint density at radius 1 is 0.921 bits per heavy atom. The van der Waals surface area contributed by atoms with E-state index in [9.17, 15) is 9.59 Å². The lowest BCUT2D eigenvalue weighted by Gasteiger charge is -2.09. The third-order valence-electron chi connectivity index (χ3n) is 5.79. The van der Waals surface area contributed by atoms with Gasteiger partial charge in [-0.25, -0.2) is 15.6 Å². The number of carbonyl (C=O) groups excluding carboxylic acids is 2. The maximum atomic E-state index is 12.3. The van der Waals surface area contributed by atoms with Crippen molar-refractivity contribution in [2.45, 2.75) is 6.61 Å². The van der Waals surface area contributed by atoms with Crippen molar-refractivity contribution >= 4 is 35.3 Å². The fourth-order valence-electron chi connectivity index (χ4n) is 3.87. The number of nitrogens with one attached hydrogen (secondary N) is 2. The molecule has 0 bridgehead atoms. The summed E-state index contributed by atoms with van der Waals surface area (Å²) >= 11 is 0. The number of fused-ring (bicyclic) bond motifs is 1. The topological polar surface area (TPSA) is 145 Å². The van der Waals surface area contributed by atoms with Crippen LogP contribution in [0.4, 0.5) is 4.79 Å². The third kappa shape index (κ3) is 5.46. The number of aromatic nitrogens is 3. The van der Waals surface area contributed by atoms with Gasteiger partial charge in [0.1, 0.15) is 5.69 Å². The summed E-state index contributed by atoms with van der Waals surface area (Å²) in [5.41, 5.74) is 8.31. The number of amides is 2. The quantitative estimate of drug-likeness (QED) is 0.165. The van der Waals surface area contributed by atoms with Crippen LogP contribution in [-0.4, -0.2) is 34.2 Å². The Hall–Kier alpha value is -4.80. The van der Waals surface area contributed by atoms with E-state index in [1.165, 1.54) is 7.05 Å². The molecule has 11 heteroatoms. The molecule has 0 atom stereocenters. The summed E-state index contributed by atoms with van der Waals surface area (Å²) in [5, 5.41) is 7.05. The van der Waals surface area contributed by atoms with Crippen LogP contribution in [0.15, 0.2) is 83.6 Å². The van der Waals surface area contributed by atoms with Gasteiger partial charge in [0.15, 0.2) is 12.4 Å². The minimum atomic E-state index is -0.538. The molecule has 192 valence electrons. The highest BCUT2D eigenvalue weighted by molar-refractivity contribution is 6.06. The predicted octanol–water partition coefficient (Wildman–Crippen LogP) is 4.50. The molecule has 3 heterocycles. The van der Waals surface area contributed by atoms with Gasteiger partial charge in [0.2, 0.25) is 0 Å². The van der Waals surface area contributed by atoms with Gasteiger partial charge in [-0.1, -0.05) is 53.7 Å². The van der Waals surface area contributed by atoms with E-state index in [-0.39, 0.29) is 19.0 Å². The summed E-state index contributed by atoms with van der Waals surface area (Å²) in [5.74, 6) is 5.42. The van der Waals surface area contributed by atoms with Crippen LogP contribution >= 0.6 is 12.4 Å². The van der Waals surface area contributed by atoms with Crippen LogP contribution in [0, 0.1) is 0 Å². The van der Waals surface area contributed by atoms with E-state index >= 15 is 0 Å². The number of alkyl carbamates (subject to hydrolysis) is 1. The fraction of sp³-hybridized carbons (Fsp3) is 0.0741. The fourth-order valence-corrected chi connectivity index (χ4v) is 3.87. The summed E-state index contributed by atoms with van der Waals surface area (Å²) < 4.78 is 10.2. The standard InChI is InChI=1S/C27H22N6O4.ClH/c1-29-27(35)36-15-20-12-25(33-37-20)19-8-4-17(5-9-19)16-2-6-18(7-3-16)24-13-21(26(34)32-28)22-14-30-11-10-23(22)31-24;/h2-14H,15,28H2,1H3,(H,29,35)(H,32,34);1H. The molecular formula is C27H23ClN6O4. The van der Waals surface area contributed by atoms with Crippen LogP contribution in [0.25, 0.3) is 44.5 Å². The van der Waals surface area contributed by atoms with Crippen LogP contribution in [0.5, 0.6) is 0 Å². The first-order valence-electron chi connectivity index (χ1n) is 11.3. The first-order chi connectivity index (χ1) is 18.1. The molecule has 2 amide bonds. The molecule has 10 nitrogen and oxygen atoms in total. The second-order valence-corrected chi connectivity index (χ2v) is 8.08. The maximum Gasteiger partial charge on any atom is 0.407 e. The van der Waals surface area contributed by atoms with Crippen molar-refractivity contribution in [2.75, 3.05) is 7.05 Å². The number of nitrogens with two attached hydrogens (primary N) is 1. The van der Waals surface area contributed by atoms with Crippen LogP contribution in [0.3, 0.4) is 0 Å². The van der Waals surface area contributed by atoms with Crippen molar-refractivity contribution in [1.29, 1.82) is 0 Å². The number of nitrogen functional groups attached to an aromatic ring is 1. The molecule has 0 spiro atoms. The zero-order valence-electron chi connectivity index (χ0n) is 20.2. The molecule has 0 aliphatic rings. The highest BCUT2D eigenvalue weighted by Gasteiger charge is 2.14. The van der Waals surface area contributed by atoms with Crippen molar-refractivity contribution in [1.82, 2.24) is 25.9 Å². The number of rotatable bonds is 6. The number of carbonyl (C=O) groups is 2. The van der Waals surface area contributed by atoms with Crippen molar-refractivity contribution in [3.63, 3.8) is 0 Å². The van der Waals surface area contributed by atoms with E-state index < -0.39 is 12.0 Å². The van der Waals surface area contributed by atoms with Gasteiger partial charge in [0.25, 0.3) is 5.91 Å². The van der Waals surface area contributed by atoms with E-state index in [1.807, 2.05) is 48.5 Å². The predicted molar refractivity (Wildman–Crippen MR) is 144 cm³/mol. The SMILES string of the molecule is CNC(=O)OCc1cc(-c2ccc(-c3ccc(-c4cc(C(=O)NN)c5cnccc5n4)cc3)cc2)no1.Cl. The largest absolute Gasteiger partial charge is 0.441 e. The molecule has 3 aromatic heterocycles. The molecule has 0 saturated carbocycles. The smallest absolute Gasteiger partial charge is 0.407 e. The first kappa shape index (κ1) is 26.3. The number of hydrogen-bond acceptors (Lipinski definition) is 8. The Morgan fingerprint density at radius 3 is 2.18 bits per heavy atom.